The van der Waals surface area contributed by atoms with E-state index >= 15 is 0 Å². The Kier molecular flexibility index (Phi) is 5.98. The molecule has 0 aliphatic heterocycles. The molecule has 0 fully saturated rings. The third-order valence-corrected chi connectivity index (χ3v) is 2.61. The lowest BCUT2D eigenvalue weighted by Crippen LogP contribution is -2.49. The van der Waals surface area contributed by atoms with Gasteiger partial charge >= 0.3 is 0 Å². The Morgan fingerprint density at radius 3 is 2.00 bits per heavy atom. The lowest BCUT2D eigenvalue weighted by molar-refractivity contribution is 0.705. The van der Waals surface area contributed by atoms with E-state index < -0.39 is 0 Å². The molecule has 0 aliphatic carbocycles. The summed E-state index contributed by atoms with van der Waals surface area (Å²) in [5.41, 5.74) is 9.01. The predicted octanol–water partition coefficient (Wildman–Crippen LogP) is 2.38. The van der Waals surface area contributed by atoms with Crippen LogP contribution in [0.3, 0.4) is 0 Å². The largest absolute Gasteiger partial charge is 0.359 e. The molecule has 0 aromatic heterocycles. The maximum Gasteiger partial charge on any atom is 0.189 e. The van der Waals surface area contributed by atoms with E-state index in [1.54, 1.807) is 0 Å². The predicted molar refractivity (Wildman–Crippen MR) is 89.3 cm³/mol. The Labute approximate surface area is 125 Å². The van der Waals surface area contributed by atoms with Crippen LogP contribution < -0.4 is 21.5 Å². The standard InChI is InChI=1S/C13H20N4S2/c1-8(2)14-12(18)16-17-13(19)15-11-6-9(3)5-10(4)7-11/h5-8H,1-4H3,(H2,14,16,18)(H2,15,17,19). The normalized spacial score (nSPS) is 9.95. The van der Waals surface area contributed by atoms with Crippen molar-refractivity contribution >= 4 is 40.3 Å². The molecule has 0 heterocycles. The van der Waals surface area contributed by atoms with Crippen molar-refractivity contribution in [3.8, 4) is 0 Å². The first-order valence-corrected chi connectivity index (χ1v) is 6.90. The Hall–Kier alpha value is -1.40. The summed E-state index contributed by atoms with van der Waals surface area (Å²) in [4.78, 5) is 0. The quantitative estimate of drug-likeness (QED) is 0.497. The maximum atomic E-state index is 5.18. The Balaban J connectivity index is 2.45. The number of anilines is 1. The fraction of sp³-hybridized carbons (Fsp3) is 0.385. The van der Waals surface area contributed by atoms with Crippen LogP contribution in [0.5, 0.6) is 0 Å². The van der Waals surface area contributed by atoms with Gasteiger partial charge in [-0.05, 0) is 75.4 Å². The third-order valence-electron chi connectivity index (χ3n) is 2.19. The molecule has 104 valence electrons. The van der Waals surface area contributed by atoms with Gasteiger partial charge in [-0.2, -0.15) is 0 Å². The van der Waals surface area contributed by atoms with Crippen molar-refractivity contribution in [3.05, 3.63) is 29.3 Å². The second kappa shape index (κ2) is 7.25. The molecule has 19 heavy (non-hydrogen) atoms. The minimum Gasteiger partial charge on any atom is -0.359 e. The van der Waals surface area contributed by atoms with Crippen LogP contribution >= 0.6 is 24.4 Å². The van der Waals surface area contributed by atoms with Crippen LogP contribution in [-0.2, 0) is 0 Å². The molecule has 4 nitrogen and oxygen atoms in total. The summed E-state index contributed by atoms with van der Waals surface area (Å²) in [6, 6.07) is 6.46. The highest BCUT2D eigenvalue weighted by molar-refractivity contribution is 7.80. The lowest BCUT2D eigenvalue weighted by atomic mass is 10.1. The molecule has 0 saturated heterocycles. The number of rotatable bonds is 2. The van der Waals surface area contributed by atoms with Crippen molar-refractivity contribution in [1.29, 1.82) is 0 Å². The second-order valence-electron chi connectivity index (χ2n) is 4.71. The number of nitrogens with one attached hydrogen (secondary N) is 4. The number of thiocarbonyl (C=S) groups is 2. The molecule has 1 aromatic rings. The van der Waals surface area contributed by atoms with E-state index in [9.17, 15) is 0 Å². The number of benzene rings is 1. The van der Waals surface area contributed by atoms with Gasteiger partial charge in [0, 0.05) is 11.7 Å². The van der Waals surface area contributed by atoms with E-state index in [-0.39, 0.29) is 6.04 Å². The molecule has 6 heteroatoms. The Morgan fingerprint density at radius 1 is 0.947 bits per heavy atom. The van der Waals surface area contributed by atoms with Crippen molar-refractivity contribution < 1.29 is 0 Å². The Morgan fingerprint density at radius 2 is 1.47 bits per heavy atom. The molecule has 0 atom stereocenters. The first-order valence-electron chi connectivity index (χ1n) is 6.08. The minimum atomic E-state index is 0.280. The van der Waals surface area contributed by atoms with Crippen molar-refractivity contribution in [2.45, 2.75) is 33.7 Å². The second-order valence-corrected chi connectivity index (χ2v) is 5.53. The number of hydrazine groups is 1. The van der Waals surface area contributed by atoms with E-state index in [0.717, 1.165) is 5.69 Å². The highest BCUT2D eigenvalue weighted by Crippen LogP contribution is 2.13. The lowest BCUT2D eigenvalue weighted by Gasteiger charge is -2.16. The van der Waals surface area contributed by atoms with Crippen LogP contribution in [-0.4, -0.2) is 16.3 Å². The van der Waals surface area contributed by atoms with E-state index in [1.807, 2.05) is 26.0 Å². The summed E-state index contributed by atoms with van der Waals surface area (Å²) in [5.74, 6) is 0. The highest BCUT2D eigenvalue weighted by Gasteiger charge is 2.01. The number of hydrogen-bond donors (Lipinski definition) is 4. The molecule has 1 aromatic carbocycles. The van der Waals surface area contributed by atoms with Gasteiger partial charge in [0.15, 0.2) is 10.2 Å². The average molecular weight is 296 g/mol. The van der Waals surface area contributed by atoms with Gasteiger partial charge in [-0.3, -0.25) is 10.9 Å². The molecule has 0 spiro atoms. The van der Waals surface area contributed by atoms with Gasteiger partial charge in [0.2, 0.25) is 0 Å². The zero-order valence-corrected chi connectivity index (χ0v) is 13.3. The Bertz CT molecular complexity index is 451. The summed E-state index contributed by atoms with van der Waals surface area (Å²) >= 11 is 10.3. The summed E-state index contributed by atoms with van der Waals surface area (Å²) in [5, 5.41) is 7.14. The van der Waals surface area contributed by atoms with Gasteiger partial charge in [-0.1, -0.05) is 6.07 Å². The first kappa shape index (κ1) is 15.7. The zero-order chi connectivity index (χ0) is 14.4. The smallest absolute Gasteiger partial charge is 0.189 e. The van der Waals surface area contributed by atoms with Crippen LogP contribution in [0.15, 0.2) is 18.2 Å². The highest BCUT2D eigenvalue weighted by atomic mass is 32.1. The van der Waals surface area contributed by atoms with Crippen molar-refractivity contribution in [2.24, 2.45) is 0 Å². The summed E-state index contributed by atoms with van der Waals surface area (Å²) < 4.78 is 0. The maximum absolute atomic E-state index is 5.18. The van der Waals surface area contributed by atoms with Gasteiger partial charge in [-0.25, -0.2) is 0 Å². The fourth-order valence-electron chi connectivity index (χ4n) is 1.62. The molecular formula is C13H20N4S2. The molecule has 1 rings (SSSR count). The molecular weight excluding hydrogens is 276 g/mol. The van der Waals surface area contributed by atoms with Crippen molar-refractivity contribution in [1.82, 2.24) is 16.2 Å². The monoisotopic (exact) mass is 296 g/mol. The number of aryl methyl sites for hydroxylation is 2. The van der Waals surface area contributed by atoms with Crippen molar-refractivity contribution in [3.63, 3.8) is 0 Å². The zero-order valence-electron chi connectivity index (χ0n) is 11.6. The molecule has 4 N–H and O–H groups in total. The average Bonchev–Trinajstić information content (AvgIpc) is 2.23. The first-order chi connectivity index (χ1) is 8.86. The van der Waals surface area contributed by atoms with Crippen LogP contribution in [0, 0.1) is 13.8 Å². The molecule has 0 aliphatic rings. The van der Waals surface area contributed by atoms with Crippen LogP contribution in [0.2, 0.25) is 0 Å². The summed E-state index contributed by atoms with van der Waals surface area (Å²) in [7, 11) is 0. The van der Waals surface area contributed by atoms with Gasteiger partial charge in [0.25, 0.3) is 0 Å². The SMILES string of the molecule is Cc1cc(C)cc(NC(=S)NNC(=S)NC(C)C)c1. The van der Waals surface area contributed by atoms with Gasteiger partial charge in [-0.15, -0.1) is 0 Å². The molecule has 0 amide bonds. The number of hydrogen-bond acceptors (Lipinski definition) is 2. The van der Waals surface area contributed by atoms with Gasteiger partial charge in [0.05, 0.1) is 0 Å². The minimum absolute atomic E-state index is 0.280. The van der Waals surface area contributed by atoms with Crippen LogP contribution in [0.1, 0.15) is 25.0 Å². The molecule has 0 saturated carbocycles. The molecule has 0 unspecified atom stereocenters. The van der Waals surface area contributed by atoms with E-state index in [1.165, 1.54) is 11.1 Å². The molecule has 0 radical (unpaired) electrons. The summed E-state index contributed by atoms with van der Waals surface area (Å²) in [6.07, 6.45) is 0. The molecule has 0 bridgehead atoms. The van der Waals surface area contributed by atoms with Crippen molar-refractivity contribution in [2.75, 3.05) is 5.32 Å². The van der Waals surface area contributed by atoms with Gasteiger partial charge in [0.1, 0.15) is 0 Å². The van der Waals surface area contributed by atoms with E-state index in [4.69, 9.17) is 24.4 Å². The summed E-state index contributed by atoms with van der Waals surface area (Å²) in [6.45, 7) is 8.13. The van der Waals surface area contributed by atoms with E-state index in [2.05, 4.69) is 41.4 Å². The topological polar surface area (TPSA) is 48.1 Å². The van der Waals surface area contributed by atoms with Gasteiger partial charge < -0.3 is 10.6 Å². The van der Waals surface area contributed by atoms with Crippen LogP contribution in [0.4, 0.5) is 5.69 Å². The fourth-order valence-corrected chi connectivity index (χ4v) is 2.08. The van der Waals surface area contributed by atoms with E-state index in [0.29, 0.717) is 10.2 Å². The van der Waals surface area contributed by atoms with Crippen LogP contribution in [0.25, 0.3) is 0 Å². The third kappa shape index (κ3) is 6.35.